The van der Waals surface area contributed by atoms with Gasteiger partial charge < -0.3 is 15.3 Å². The van der Waals surface area contributed by atoms with Crippen molar-refractivity contribution in [3.8, 4) is 0 Å². The van der Waals surface area contributed by atoms with Crippen molar-refractivity contribution in [3.05, 3.63) is 0 Å². The van der Waals surface area contributed by atoms with Crippen molar-refractivity contribution >= 4 is 0 Å². The van der Waals surface area contributed by atoms with Crippen molar-refractivity contribution in [2.45, 2.75) is 63.1 Å². The molecular weight excluding hydrogens is 180 g/mol. The van der Waals surface area contributed by atoms with Crippen LogP contribution in [0.5, 0.6) is 0 Å². The Morgan fingerprint density at radius 1 is 1.00 bits per heavy atom. The normalized spacial score (nSPS) is 25.1. The van der Waals surface area contributed by atoms with Gasteiger partial charge in [-0.3, -0.25) is 0 Å². The van der Waals surface area contributed by atoms with Gasteiger partial charge >= 0.3 is 0 Å². The van der Waals surface area contributed by atoms with E-state index >= 15 is 0 Å². The molecule has 1 fully saturated rings. The Kier molecular flexibility index (Phi) is 4.85. The monoisotopic (exact) mass is 202 g/mol. The summed E-state index contributed by atoms with van der Waals surface area (Å²) in [5, 5.41) is 28.3. The van der Waals surface area contributed by atoms with Gasteiger partial charge in [0, 0.05) is 6.42 Å². The average molecular weight is 202 g/mol. The Morgan fingerprint density at radius 3 is 2.00 bits per heavy atom. The van der Waals surface area contributed by atoms with Crippen LogP contribution in [0.4, 0.5) is 0 Å². The third-order valence-electron chi connectivity index (χ3n) is 3.11. The van der Waals surface area contributed by atoms with E-state index in [4.69, 9.17) is 5.11 Å². The van der Waals surface area contributed by atoms with E-state index in [-0.39, 0.29) is 6.61 Å². The van der Waals surface area contributed by atoms with Gasteiger partial charge in [0.1, 0.15) is 0 Å². The summed E-state index contributed by atoms with van der Waals surface area (Å²) in [6.45, 7) is -0.248. The molecule has 3 N–H and O–H groups in total. The van der Waals surface area contributed by atoms with Crippen LogP contribution in [0.3, 0.4) is 0 Å². The number of aliphatic hydroxyl groups is 3. The fourth-order valence-electron chi connectivity index (χ4n) is 2.27. The van der Waals surface area contributed by atoms with Gasteiger partial charge in [0.25, 0.3) is 0 Å². The minimum Gasteiger partial charge on any atom is -0.394 e. The van der Waals surface area contributed by atoms with Gasteiger partial charge in [-0.05, 0) is 12.8 Å². The molecule has 1 atom stereocenters. The van der Waals surface area contributed by atoms with Crippen LogP contribution in [0, 0.1) is 0 Å². The maximum Gasteiger partial charge on any atom is 0.0798 e. The molecule has 0 spiro atoms. The van der Waals surface area contributed by atoms with Crippen molar-refractivity contribution in [1.82, 2.24) is 0 Å². The molecule has 0 aromatic heterocycles. The van der Waals surface area contributed by atoms with E-state index in [2.05, 4.69) is 0 Å². The van der Waals surface area contributed by atoms with E-state index in [9.17, 15) is 10.2 Å². The molecule has 0 aromatic carbocycles. The predicted octanol–water partition coefficient (Wildman–Crippen LogP) is 1.21. The Morgan fingerprint density at radius 2 is 1.50 bits per heavy atom. The first-order chi connectivity index (χ1) is 6.66. The van der Waals surface area contributed by atoms with Crippen LogP contribution in [-0.4, -0.2) is 33.6 Å². The second kappa shape index (κ2) is 5.69. The smallest absolute Gasteiger partial charge is 0.0798 e. The van der Waals surface area contributed by atoms with Gasteiger partial charge in [0.2, 0.25) is 0 Å². The van der Waals surface area contributed by atoms with Crippen molar-refractivity contribution in [2.75, 3.05) is 6.61 Å². The maximum atomic E-state index is 10.2. The van der Waals surface area contributed by atoms with Crippen molar-refractivity contribution in [2.24, 2.45) is 0 Å². The van der Waals surface area contributed by atoms with Crippen LogP contribution in [0.15, 0.2) is 0 Å². The molecule has 3 heteroatoms. The molecule has 0 radical (unpaired) electrons. The molecule has 0 aliphatic heterocycles. The quantitative estimate of drug-likeness (QED) is 0.644. The van der Waals surface area contributed by atoms with Gasteiger partial charge in [0.15, 0.2) is 0 Å². The highest BCUT2D eigenvalue weighted by Gasteiger charge is 2.29. The third-order valence-corrected chi connectivity index (χ3v) is 3.11. The van der Waals surface area contributed by atoms with Gasteiger partial charge in [-0.1, -0.05) is 32.1 Å². The molecular formula is C11H22O3. The fraction of sp³-hybridized carbons (Fsp3) is 1.00. The molecule has 1 unspecified atom stereocenters. The van der Waals surface area contributed by atoms with E-state index < -0.39 is 11.7 Å². The Labute approximate surface area is 85.8 Å². The molecule has 0 bridgehead atoms. The molecule has 3 nitrogen and oxygen atoms in total. The van der Waals surface area contributed by atoms with Gasteiger partial charge in [-0.25, -0.2) is 0 Å². The molecule has 0 aromatic rings. The van der Waals surface area contributed by atoms with E-state index in [0.29, 0.717) is 6.42 Å². The molecule has 1 rings (SSSR count). The molecule has 1 saturated carbocycles. The topological polar surface area (TPSA) is 60.7 Å². The maximum absolute atomic E-state index is 10.2. The summed E-state index contributed by atoms with van der Waals surface area (Å²) < 4.78 is 0. The minimum atomic E-state index is -0.764. The van der Waals surface area contributed by atoms with E-state index in [1.165, 1.54) is 19.3 Å². The highest BCUT2D eigenvalue weighted by molar-refractivity contribution is 4.82. The zero-order valence-corrected chi connectivity index (χ0v) is 8.78. The summed E-state index contributed by atoms with van der Waals surface area (Å²) in [6.07, 6.45) is 6.79. The van der Waals surface area contributed by atoms with Crippen LogP contribution in [-0.2, 0) is 0 Å². The largest absolute Gasteiger partial charge is 0.394 e. The SMILES string of the molecule is OCC(O)CC1(O)CCCCCCC1. The average Bonchev–Trinajstić information content (AvgIpc) is 2.12. The molecule has 14 heavy (non-hydrogen) atoms. The Hall–Kier alpha value is -0.120. The Bertz CT molecular complexity index is 151. The van der Waals surface area contributed by atoms with E-state index in [0.717, 1.165) is 25.7 Å². The predicted molar refractivity (Wildman–Crippen MR) is 55.0 cm³/mol. The van der Waals surface area contributed by atoms with E-state index in [1.807, 2.05) is 0 Å². The summed E-state index contributed by atoms with van der Waals surface area (Å²) in [5.74, 6) is 0. The first-order valence-electron chi connectivity index (χ1n) is 5.68. The molecule has 84 valence electrons. The van der Waals surface area contributed by atoms with Gasteiger partial charge in [0.05, 0.1) is 18.3 Å². The molecule has 1 aliphatic rings. The number of aliphatic hydroxyl groups excluding tert-OH is 2. The van der Waals surface area contributed by atoms with Crippen molar-refractivity contribution in [3.63, 3.8) is 0 Å². The molecule has 0 amide bonds. The van der Waals surface area contributed by atoms with Crippen LogP contribution in [0.25, 0.3) is 0 Å². The summed E-state index contributed by atoms with van der Waals surface area (Å²) in [7, 11) is 0. The lowest BCUT2D eigenvalue weighted by atomic mass is 9.83. The first-order valence-corrected chi connectivity index (χ1v) is 5.68. The summed E-state index contributed by atoms with van der Waals surface area (Å²) >= 11 is 0. The van der Waals surface area contributed by atoms with Crippen molar-refractivity contribution < 1.29 is 15.3 Å². The second-order valence-electron chi connectivity index (χ2n) is 4.53. The lowest BCUT2D eigenvalue weighted by Crippen LogP contribution is -2.35. The minimum absolute atomic E-state index is 0.248. The van der Waals surface area contributed by atoms with Crippen LogP contribution >= 0.6 is 0 Å². The highest BCUT2D eigenvalue weighted by Crippen LogP contribution is 2.29. The number of hydrogen-bond acceptors (Lipinski definition) is 3. The zero-order chi connectivity index (χ0) is 10.4. The Balaban J connectivity index is 2.41. The standard InChI is InChI=1S/C11H22O3/c12-9-10(13)8-11(14)6-4-2-1-3-5-7-11/h10,12-14H,1-9H2. The number of hydrogen-bond donors (Lipinski definition) is 3. The number of rotatable bonds is 3. The fourth-order valence-corrected chi connectivity index (χ4v) is 2.27. The van der Waals surface area contributed by atoms with Crippen LogP contribution < -0.4 is 0 Å². The summed E-state index contributed by atoms with van der Waals surface area (Å²) in [4.78, 5) is 0. The van der Waals surface area contributed by atoms with Crippen LogP contribution in [0.1, 0.15) is 51.4 Å². The molecule has 0 saturated heterocycles. The summed E-state index contributed by atoms with van der Waals surface area (Å²) in [5.41, 5.74) is -0.734. The second-order valence-corrected chi connectivity index (χ2v) is 4.53. The first kappa shape index (κ1) is 12.0. The summed E-state index contributed by atoms with van der Waals surface area (Å²) in [6, 6.07) is 0. The van der Waals surface area contributed by atoms with Gasteiger partial charge in [-0.2, -0.15) is 0 Å². The molecule has 0 heterocycles. The lowest BCUT2D eigenvalue weighted by molar-refractivity contribution is -0.0421. The highest BCUT2D eigenvalue weighted by atomic mass is 16.3. The van der Waals surface area contributed by atoms with E-state index in [1.54, 1.807) is 0 Å². The van der Waals surface area contributed by atoms with Gasteiger partial charge in [-0.15, -0.1) is 0 Å². The molecule has 1 aliphatic carbocycles. The van der Waals surface area contributed by atoms with Crippen LogP contribution in [0.2, 0.25) is 0 Å². The zero-order valence-electron chi connectivity index (χ0n) is 8.78. The van der Waals surface area contributed by atoms with Crippen molar-refractivity contribution in [1.29, 1.82) is 0 Å². The lowest BCUT2D eigenvalue weighted by Gasteiger charge is -2.31. The third kappa shape index (κ3) is 3.95.